The topological polar surface area (TPSA) is 32.3 Å². The minimum absolute atomic E-state index is 0.00850. The van der Waals surface area contributed by atoms with Gasteiger partial charge in [0.1, 0.15) is 5.82 Å². The highest BCUT2D eigenvalue weighted by Gasteiger charge is 2.06. The molecule has 4 heteroatoms. The Bertz CT molecular complexity index is 235. The normalized spacial score (nSPS) is 12.9. The molecule has 12 heavy (non-hydrogen) atoms. The highest BCUT2D eigenvalue weighted by molar-refractivity contribution is 14.1. The number of halogens is 2. The third-order valence-corrected chi connectivity index (χ3v) is 2.34. The van der Waals surface area contributed by atoms with Crippen LogP contribution in [0, 0.1) is 5.82 Å². The van der Waals surface area contributed by atoms with Gasteiger partial charge in [0.25, 0.3) is 0 Å². The summed E-state index contributed by atoms with van der Waals surface area (Å²) in [6.45, 7) is 0.00850. The van der Waals surface area contributed by atoms with Crippen LogP contribution in [0.15, 0.2) is 24.3 Å². The molecule has 0 fully saturated rings. The molecule has 0 radical (unpaired) electrons. The first-order valence-corrected chi connectivity index (χ1v) is 4.58. The number of hydrogen-bond donors (Lipinski definition) is 2. The van der Waals surface area contributed by atoms with E-state index in [4.69, 9.17) is 5.11 Å². The maximum Gasteiger partial charge on any atom is 0.123 e. The zero-order chi connectivity index (χ0) is 8.97. The van der Waals surface area contributed by atoms with Crippen molar-refractivity contribution in [2.75, 3.05) is 6.61 Å². The van der Waals surface area contributed by atoms with Crippen LogP contribution < -0.4 is 3.53 Å². The fourth-order valence-corrected chi connectivity index (χ4v) is 1.45. The average molecular weight is 281 g/mol. The molecule has 2 nitrogen and oxygen atoms in total. The van der Waals surface area contributed by atoms with Gasteiger partial charge < -0.3 is 5.11 Å². The van der Waals surface area contributed by atoms with Crippen LogP contribution in [0.5, 0.6) is 0 Å². The van der Waals surface area contributed by atoms with E-state index in [2.05, 4.69) is 3.53 Å². The summed E-state index contributed by atoms with van der Waals surface area (Å²) < 4.78 is 15.4. The van der Waals surface area contributed by atoms with Gasteiger partial charge in [-0.1, -0.05) is 12.1 Å². The van der Waals surface area contributed by atoms with E-state index in [1.54, 1.807) is 12.1 Å². The predicted octanol–water partition coefficient (Wildman–Crippen LogP) is 1.80. The Hall–Kier alpha value is -0.200. The van der Waals surface area contributed by atoms with Crippen LogP contribution in [0.25, 0.3) is 0 Å². The molecule has 1 rings (SSSR count). The summed E-state index contributed by atoms with van der Waals surface area (Å²) in [4.78, 5) is 0. The van der Waals surface area contributed by atoms with E-state index in [1.165, 1.54) is 12.1 Å². The lowest BCUT2D eigenvalue weighted by Gasteiger charge is -2.11. The summed E-state index contributed by atoms with van der Waals surface area (Å²) in [5.41, 5.74) is 0.883. The molecule has 0 spiro atoms. The first kappa shape index (κ1) is 9.88. The fourth-order valence-electron chi connectivity index (χ4n) is 0.898. The number of rotatable bonds is 3. The molecule has 1 aromatic rings. The van der Waals surface area contributed by atoms with E-state index in [0.717, 1.165) is 5.56 Å². The van der Waals surface area contributed by atoms with Crippen LogP contribution in [-0.4, -0.2) is 11.7 Å². The number of nitrogens with one attached hydrogen (secondary N) is 1. The molecule has 0 bridgehead atoms. The number of aliphatic hydroxyl groups excluding tert-OH is 1. The molecule has 0 aromatic heterocycles. The SMILES string of the molecule is OC[C@H](NI)c1ccc(F)cc1. The third-order valence-electron chi connectivity index (χ3n) is 1.59. The van der Waals surface area contributed by atoms with Gasteiger partial charge in [-0.2, -0.15) is 0 Å². The largest absolute Gasteiger partial charge is 0.394 e. The van der Waals surface area contributed by atoms with Crippen molar-refractivity contribution in [2.24, 2.45) is 0 Å². The highest BCUT2D eigenvalue weighted by atomic mass is 127. The molecular formula is C8H9FINO. The molecule has 0 aliphatic rings. The van der Waals surface area contributed by atoms with Crippen LogP contribution in [0.2, 0.25) is 0 Å². The van der Waals surface area contributed by atoms with Gasteiger partial charge >= 0.3 is 0 Å². The Morgan fingerprint density at radius 2 is 2.00 bits per heavy atom. The predicted molar refractivity (Wildman–Crippen MR) is 53.4 cm³/mol. The van der Waals surface area contributed by atoms with Gasteiger partial charge in [0.15, 0.2) is 0 Å². The Morgan fingerprint density at radius 3 is 2.42 bits per heavy atom. The second-order valence-electron chi connectivity index (χ2n) is 2.40. The molecule has 1 atom stereocenters. The third kappa shape index (κ3) is 2.40. The zero-order valence-corrected chi connectivity index (χ0v) is 8.45. The Morgan fingerprint density at radius 1 is 1.42 bits per heavy atom. The van der Waals surface area contributed by atoms with E-state index in [0.29, 0.717) is 0 Å². The lowest BCUT2D eigenvalue weighted by molar-refractivity contribution is 0.263. The molecule has 0 saturated carbocycles. The number of hydrogen-bond acceptors (Lipinski definition) is 2. The summed E-state index contributed by atoms with van der Waals surface area (Å²) in [5.74, 6) is -0.260. The molecule has 0 aliphatic heterocycles. The molecule has 66 valence electrons. The Labute approximate surface area is 84.3 Å². The number of benzene rings is 1. The van der Waals surface area contributed by atoms with Crippen molar-refractivity contribution in [3.8, 4) is 0 Å². The van der Waals surface area contributed by atoms with Crippen molar-refractivity contribution in [1.82, 2.24) is 3.53 Å². The van der Waals surface area contributed by atoms with Gasteiger partial charge in [0.05, 0.1) is 12.6 Å². The average Bonchev–Trinajstić information content (AvgIpc) is 2.10. The van der Waals surface area contributed by atoms with Crippen LogP contribution in [0.4, 0.5) is 4.39 Å². The molecule has 0 unspecified atom stereocenters. The van der Waals surface area contributed by atoms with Crippen molar-refractivity contribution in [3.05, 3.63) is 35.6 Å². The fraction of sp³-hybridized carbons (Fsp3) is 0.250. The minimum Gasteiger partial charge on any atom is -0.394 e. The maximum absolute atomic E-state index is 12.5. The Kier molecular flexibility index (Phi) is 3.90. The monoisotopic (exact) mass is 281 g/mol. The quantitative estimate of drug-likeness (QED) is 0.654. The second kappa shape index (κ2) is 4.74. The van der Waals surface area contributed by atoms with Crippen LogP contribution in [-0.2, 0) is 0 Å². The Balaban J connectivity index is 2.80. The summed E-state index contributed by atoms with van der Waals surface area (Å²) >= 11 is 1.96. The molecular weight excluding hydrogens is 272 g/mol. The minimum atomic E-state index is -0.260. The zero-order valence-electron chi connectivity index (χ0n) is 6.30. The standard InChI is InChI=1S/C8H9FINO/c9-7-3-1-6(2-4-7)8(5-12)11-10/h1-4,8,11-12H,5H2/t8-/m0/s1. The summed E-state index contributed by atoms with van der Waals surface area (Å²) in [6, 6.07) is 5.95. The molecule has 1 aromatic carbocycles. The van der Waals surface area contributed by atoms with Crippen LogP contribution >= 0.6 is 22.9 Å². The van der Waals surface area contributed by atoms with Crippen LogP contribution in [0.3, 0.4) is 0 Å². The van der Waals surface area contributed by atoms with E-state index >= 15 is 0 Å². The van der Waals surface area contributed by atoms with Gasteiger partial charge in [-0.15, -0.1) is 0 Å². The molecule has 0 aliphatic carbocycles. The maximum atomic E-state index is 12.5. The van der Waals surface area contributed by atoms with E-state index in [-0.39, 0.29) is 18.5 Å². The summed E-state index contributed by atoms with van der Waals surface area (Å²) in [6.07, 6.45) is 0. The highest BCUT2D eigenvalue weighted by Crippen LogP contribution is 2.13. The van der Waals surface area contributed by atoms with Crippen molar-refractivity contribution in [1.29, 1.82) is 0 Å². The molecule has 2 N–H and O–H groups in total. The summed E-state index contributed by atoms with van der Waals surface area (Å²) in [5, 5.41) is 8.89. The smallest absolute Gasteiger partial charge is 0.123 e. The van der Waals surface area contributed by atoms with E-state index in [1.807, 2.05) is 22.9 Å². The van der Waals surface area contributed by atoms with Crippen LogP contribution in [0.1, 0.15) is 11.6 Å². The van der Waals surface area contributed by atoms with Crippen molar-refractivity contribution in [3.63, 3.8) is 0 Å². The first-order chi connectivity index (χ1) is 5.77. The number of aliphatic hydroxyl groups is 1. The van der Waals surface area contributed by atoms with Gasteiger partial charge in [-0.05, 0) is 17.7 Å². The van der Waals surface area contributed by atoms with E-state index in [9.17, 15) is 4.39 Å². The molecule has 0 saturated heterocycles. The summed E-state index contributed by atoms with van der Waals surface area (Å²) in [7, 11) is 0. The van der Waals surface area contributed by atoms with Crippen molar-refractivity contribution in [2.45, 2.75) is 6.04 Å². The van der Waals surface area contributed by atoms with Gasteiger partial charge in [0, 0.05) is 22.9 Å². The van der Waals surface area contributed by atoms with Crippen molar-refractivity contribution >= 4 is 22.9 Å². The second-order valence-corrected chi connectivity index (χ2v) is 3.02. The lowest BCUT2D eigenvalue weighted by atomic mass is 10.1. The van der Waals surface area contributed by atoms with E-state index < -0.39 is 0 Å². The van der Waals surface area contributed by atoms with Gasteiger partial charge in [-0.25, -0.2) is 4.39 Å². The van der Waals surface area contributed by atoms with Crippen molar-refractivity contribution < 1.29 is 9.50 Å². The first-order valence-electron chi connectivity index (χ1n) is 3.50. The lowest BCUT2D eigenvalue weighted by Crippen LogP contribution is -2.14. The molecule has 0 amide bonds. The van der Waals surface area contributed by atoms with Gasteiger partial charge in [0.2, 0.25) is 0 Å². The van der Waals surface area contributed by atoms with Gasteiger partial charge in [-0.3, -0.25) is 3.53 Å². The molecule has 0 heterocycles.